The molecule has 0 amide bonds. The van der Waals surface area contributed by atoms with Crippen LogP contribution in [0.3, 0.4) is 0 Å². The molecule has 0 unspecified atom stereocenters. The second kappa shape index (κ2) is 8.20. The standard InChI is InChI=1S/C24H22N4O3/c1-3-20-27-28-24(31-20)23-16(14-29-2)21-18(12-25-23)26-17-10-7-11-19(22(17)21)30-13-15-8-5-4-6-9-15/h4-12,26H,3,13-14H2,1-2H3. The molecule has 0 bridgehead atoms. The number of benzene rings is 2. The normalized spacial score (nSPS) is 11.4. The lowest BCUT2D eigenvalue weighted by Crippen LogP contribution is -1.98. The molecule has 1 N–H and O–H groups in total. The third kappa shape index (κ3) is 3.53. The van der Waals surface area contributed by atoms with E-state index in [4.69, 9.17) is 13.9 Å². The van der Waals surface area contributed by atoms with Crippen molar-refractivity contribution < 1.29 is 13.9 Å². The van der Waals surface area contributed by atoms with Crippen molar-refractivity contribution in [1.82, 2.24) is 20.2 Å². The Morgan fingerprint density at radius 1 is 0.935 bits per heavy atom. The summed E-state index contributed by atoms with van der Waals surface area (Å²) in [6.07, 6.45) is 2.46. The van der Waals surface area contributed by atoms with Crippen LogP contribution in [0.1, 0.15) is 23.9 Å². The Bertz CT molecular complexity index is 1340. The lowest BCUT2D eigenvalue weighted by molar-refractivity contribution is 0.186. The highest BCUT2D eigenvalue weighted by Crippen LogP contribution is 2.38. The molecule has 0 spiro atoms. The minimum Gasteiger partial charge on any atom is -0.488 e. The summed E-state index contributed by atoms with van der Waals surface area (Å²) in [5, 5.41) is 10.3. The molecular weight excluding hydrogens is 392 g/mol. The number of rotatable bonds is 7. The second-order valence-electron chi connectivity index (χ2n) is 7.24. The SMILES string of the molecule is CCc1nnc(-c2ncc3[nH]c4cccc(OCc5ccccc5)c4c3c2COC)o1. The summed E-state index contributed by atoms with van der Waals surface area (Å²) in [7, 11) is 1.66. The number of hydrogen-bond acceptors (Lipinski definition) is 6. The third-order valence-electron chi connectivity index (χ3n) is 5.22. The number of nitrogens with zero attached hydrogens (tertiary/aromatic N) is 3. The lowest BCUT2D eigenvalue weighted by Gasteiger charge is -2.10. The van der Waals surface area contributed by atoms with Crippen molar-refractivity contribution in [2.24, 2.45) is 0 Å². The van der Waals surface area contributed by atoms with E-state index in [1.54, 1.807) is 13.3 Å². The first-order valence-corrected chi connectivity index (χ1v) is 10.2. The molecule has 7 nitrogen and oxygen atoms in total. The zero-order valence-corrected chi connectivity index (χ0v) is 17.4. The van der Waals surface area contributed by atoms with Gasteiger partial charge in [-0.15, -0.1) is 10.2 Å². The van der Waals surface area contributed by atoms with E-state index < -0.39 is 0 Å². The first-order valence-electron chi connectivity index (χ1n) is 10.2. The monoisotopic (exact) mass is 414 g/mol. The Labute approximate surface area is 179 Å². The number of nitrogens with one attached hydrogen (secondary N) is 1. The van der Waals surface area contributed by atoms with Crippen molar-refractivity contribution in [2.75, 3.05) is 7.11 Å². The number of aryl methyl sites for hydroxylation is 1. The molecule has 0 fully saturated rings. The molecule has 3 heterocycles. The van der Waals surface area contributed by atoms with Crippen LogP contribution >= 0.6 is 0 Å². The highest BCUT2D eigenvalue weighted by Gasteiger charge is 2.21. The van der Waals surface area contributed by atoms with Crippen LogP contribution < -0.4 is 4.74 Å². The molecule has 0 radical (unpaired) electrons. The van der Waals surface area contributed by atoms with Gasteiger partial charge in [0.2, 0.25) is 5.89 Å². The average molecular weight is 414 g/mol. The highest BCUT2D eigenvalue weighted by atomic mass is 16.5. The van der Waals surface area contributed by atoms with Crippen LogP contribution in [0.5, 0.6) is 5.75 Å². The van der Waals surface area contributed by atoms with Gasteiger partial charge in [0, 0.05) is 29.9 Å². The molecule has 0 aliphatic rings. The van der Waals surface area contributed by atoms with Gasteiger partial charge in [-0.05, 0) is 17.7 Å². The molecule has 0 aliphatic heterocycles. The minimum atomic E-state index is 0.351. The molecule has 0 saturated heterocycles. The van der Waals surface area contributed by atoms with E-state index in [0.29, 0.717) is 37.1 Å². The van der Waals surface area contributed by atoms with Gasteiger partial charge in [0.1, 0.15) is 18.1 Å². The zero-order chi connectivity index (χ0) is 21.2. The number of aromatic amines is 1. The summed E-state index contributed by atoms with van der Waals surface area (Å²) in [6, 6.07) is 16.1. The predicted molar refractivity (Wildman–Crippen MR) is 118 cm³/mol. The van der Waals surface area contributed by atoms with Crippen LogP contribution in [-0.2, 0) is 24.4 Å². The van der Waals surface area contributed by atoms with E-state index in [0.717, 1.165) is 38.7 Å². The van der Waals surface area contributed by atoms with Gasteiger partial charge in [0.25, 0.3) is 5.89 Å². The molecule has 156 valence electrons. The number of aromatic nitrogens is 4. The van der Waals surface area contributed by atoms with Crippen molar-refractivity contribution >= 4 is 21.8 Å². The number of fused-ring (bicyclic) bond motifs is 3. The third-order valence-corrected chi connectivity index (χ3v) is 5.22. The van der Waals surface area contributed by atoms with E-state index in [1.807, 2.05) is 43.3 Å². The number of ether oxygens (including phenoxy) is 2. The molecule has 0 aliphatic carbocycles. The molecule has 2 aromatic carbocycles. The van der Waals surface area contributed by atoms with Crippen LogP contribution in [0.4, 0.5) is 0 Å². The maximum absolute atomic E-state index is 6.24. The quantitative estimate of drug-likeness (QED) is 0.401. The van der Waals surface area contributed by atoms with E-state index >= 15 is 0 Å². The van der Waals surface area contributed by atoms with E-state index in [2.05, 4.69) is 32.3 Å². The minimum absolute atomic E-state index is 0.351. The maximum Gasteiger partial charge on any atom is 0.266 e. The smallest absolute Gasteiger partial charge is 0.266 e. The largest absolute Gasteiger partial charge is 0.488 e. The molecule has 0 saturated carbocycles. The van der Waals surface area contributed by atoms with E-state index in [1.165, 1.54) is 0 Å². The fraction of sp³-hybridized carbons (Fsp3) is 0.208. The van der Waals surface area contributed by atoms with Gasteiger partial charge in [0.15, 0.2) is 0 Å². The number of pyridine rings is 1. The number of methoxy groups -OCH3 is 1. The Hall–Kier alpha value is -3.71. The van der Waals surface area contributed by atoms with Crippen molar-refractivity contribution in [3.8, 4) is 17.3 Å². The van der Waals surface area contributed by atoms with Gasteiger partial charge in [-0.1, -0.05) is 43.3 Å². The van der Waals surface area contributed by atoms with Crippen LogP contribution in [-0.4, -0.2) is 27.3 Å². The summed E-state index contributed by atoms with van der Waals surface area (Å²) in [4.78, 5) is 8.06. The Kier molecular flexibility index (Phi) is 5.09. The summed E-state index contributed by atoms with van der Waals surface area (Å²) < 4.78 is 17.6. The molecule has 0 atom stereocenters. The Balaban J connectivity index is 1.68. The second-order valence-corrected chi connectivity index (χ2v) is 7.24. The number of H-pyrrole nitrogens is 1. The number of hydrogen-bond donors (Lipinski definition) is 1. The molecule has 31 heavy (non-hydrogen) atoms. The fourth-order valence-electron chi connectivity index (χ4n) is 3.79. The Morgan fingerprint density at radius 3 is 2.58 bits per heavy atom. The van der Waals surface area contributed by atoms with Crippen LogP contribution in [0.25, 0.3) is 33.4 Å². The average Bonchev–Trinajstić information content (AvgIpc) is 3.43. The van der Waals surface area contributed by atoms with Crippen LogP contribution in [0, 0.1) is 0 Å². The highest BCUT2D eigenvalue weighted by molar-refractivity contribution is 6.12. The molecular formula is C24H22N4O3. The Morgan fingerprint density at radius 2 is 1.81 bits per heavy atom. The van der Waals surface area contributed by atoms with Gasteiger partial charge in [-0.3, -0.25) is 0 Å². The zero-order valence-electron chi connectivity index (χ0n) is 17.4. The van der Waals surface area contributed by atoms with E-state index in [-0.39, 0.29) is 0 Å². The first-order chi connectivity index (χ1) is 15.3. The molecule has 7 heteroatoms. The van der Waals surface area contributed by atoms with Crippen LogP contribution in [0.15, 0.2) is 59.1 Å². The summed E-state index contributed by atoms with van der Waals surface area (Å²) in [5.74, 6) is 1.76. The van der Waals surface area contributed by atoms with Crippen molar-refractivity contribution in [3.63, 3.8) is 0 Å². The topological polar surface area (TPSA) is 86.1 Å². The maximum atomic E-state index is 6.24. The molecule has 3 aromatic heterocycles. The summed E-state index contributed by atoms with van der Waals surface area (Å²) >= 11 is 0. The van der Waals surface area contributed by atoms with Crippen molar-refractivity contribution in [2.45, 2.75) is 26.6 Å². The van der Waals surface area contributed by atoms with Crippen LogP contribution in [0.2, 0.25) is 0 Å². The van der Waals surface area contributed by atoms with Gasteiger partial charge in [0.05, 0.1) is 23.8 Å². The summed E-state index contributed by atoms with van der Waals surface area (Å²) in [5.41, 5.74) is 4.49. The van der Waals surface area contributed by atoms with Gasteiger partial charge in [-0.2, -0.15) is 0 Å². The van der Waals surface area contributed by atoms with Gasteiger partial charge >= 0.3 is 0 Å². The first kappa shape index (κ1) is 19.3. The van der Waals surface area contributed by atoms with Crippen molar-refractivity contribution in [3.05, 3.63) is 71.7 Å². The molecule has 5 rings (SSSR count). The summed E-state index contributed by atoms with van der Waals surface area (Å²) in [6.45, 7) is 2.80. The fourth-order valence-corrected chi connectivity index (χ4v) is 3.79. The predicted octanol–water partition coefficient (Wildman–Crippen LogP) is 5.05. The lowest BCUT2D eigenvalue weighted by atomic mass is 10.0. The van der Waals surface area contributed by atoms with Gasteiger partial charge < -0.3 is 18.9 Å². The van der Waals surface area contributed by atoms with E-state index in [9.17, 15) is 0 Å². The van der Waals surface area contributed by atoms with Gasteiger partial charge in [-0.25, -0.2) is 4.98 Å². The molecule has 5 aromatic rings. The van der Waals surface area contributed by atoms with Crippen molar-refractivity contribution in [1.29, 1.82) is 0 Å².